The second kappa shape index (κ2) is 3.82. The van der Waals surface area contributed by atoms with Crippen molar-refractivity contribution in [1.29, 1.82) is 0 Å². The van der Waals surface area contributed by atoms with Crippen LogP contribution in [0.4, 0.5) is 0 Å². The molecule has 1 fully saturated rings. The highest BCUT2D eigenvalue weighted by Gasteiger charge is 2.51. The van der Waals surface area contributed by atoms with E-state index in [1.807, 2.05) is 0 Å². The fraction of sp³-hybridized carbons (Fsp3) is 1.00. The quantitative estimate of drug-likeness (QED) is 0.635. The van der Waals surface area contributed by atoms with E-state index in [9.17, 15) is 0 Å². The maximum atomic E-state index is 5.88. The average Bonchev–Trinajstić information content (AvgIpc) is 2.84. The molecule has 2 nitrogen and oxygen atoms in total. The maximum absolute atomic E-state index is 5.88. The third kappa shape index (κ3) is 2.71. The molecule has 0 spiro atoms. The van der Waals surface area contributed by atoms with Crippen molar-refractivity contribution in [3.63, 3.8) is 0 Å². The second-order valence-electron chi connectivity index (χ2n) is 5.50. The van der Waals surface area contributed by atoms with Crippen LogP contribution in [0.15, 0.2) is 0 Å². The lowest BCUT2D eigenvalue weighted by Gasteiger charge is -2.24. The predicted molar refractivity (Wildman–Crippen MR) is 58.2 cm³/mol. The Morgan fingerprint density at radius 2 is 1.64 bits per heavy atom. The lowest BCUT2D eigenvalue weighted by Crippen LogP contribution is -2.28. The largest absolute Gasteiger partial charge is 0.344 e. The summed E-state index contributed by atoms with van der Waals surface area (Å²) in [6.07, 6.45) is 2.47. The standard InChI is InChI=1S/C12H24O2/c1-7-11(3,4)9-10(13-9)14-12(5,6)8-2/h9-10H,7-8H2,1-6H3. The van der Waals surface area contributed by atoms with Gasteiger partial charge < -0.3 is 9.47 Å². The summed E-state index contributed by atoms with van der Waals surface area (Å²) >= 11 is 0. The van der Waals surface area contributed by atoms with Crippen molar-refractivity contribution >= 4 is 0 Å². The smallest absolute Gasteiger partial charge is 0.185 e. The first-order valence-corrected chi connectivity index (χ1v) is 5.65. The summed E-state index contributed by atoms with van der Waals surface area (Å²) in [5.41, 5.74) is 0.192. The number of ether oxygens (including phenoxy) is 2. The van der Waals surface area contributed by atoms with Crippen LogP contribution in [0.3, 0.4) is 0 Å². The van der Waals surface area contributed by atoms with Gasteiger partial charge in [-0.1, -0.05) is 27.7 Å². The van der Waals surface area contributed by atoms with E-state index >= 15 is 0 Å². The lowest BCUT2D eigenvalue weighted by atomic mass is 9.86. The van der Waals surface area contributed by atoms with Gasteiger partial charge in [0.1, 0.15) is 6.10 Å². The summed E-state index contributed by atoms with van der Waals surface area (Å²) in [7, 11) is 0. The van der Waals surface area contributed by atoms with Gasteiger partial charge in [0.25, 0.3) is 0 Å². The van der Waals surface area contributed by atoms with Crippen molar-refractivity contribution in [2.24, 2.45) is 5.41 Å². The highest BCUT2D eigenvalue weighted by molar-refractivity contribution is 4.91. The number of rotatable bonds is 5. The molecule has 14 heavy (non-hydrogen) atoms. The molecule has 1 aliphatic rings. The van der Waals surface area contributed by atoms with Crippen LogP contribution in [0.25, 0.3) is 0 Å². The molecule has 84 valence electrons. The zero-order valence-corrected chi connectivity index (χ0v) is 10.4. The molecule has 0 aromatic heterocycles. The fourth-order valence-corrected chi connectivity index (χ4v) is 1.34. The zero-order chi connectivity index (χ0) is 11.0. The summed E-state index contributed by atoms with van der Waals surface area (Å²) < 4.78 is 11.5. The Kier molecular flexibility index (Phi) is 3.27. The predicted octanol–water partition coefficient (Wildman–Crippen LogP) is 3.35. The molecule has 2 atom stereocenters. The second-order valence-corrected chi connectivity index (χ2v) is 5.50. The highest BCUT2D eigenvalue weighted by atomic mass is 16.8. The van der Waals surface area contributed by atoms with Gasteiger partial charge in [0, 0.05) is 0 Å². The highest BCUT2D eigenvalue weighted by Crippen LogP contribution is 2.43. The Hall–Kier alpha value is -0.0800. The summed E-state index contributed by atoms with van der Waals surface area (Å²) in [6.45, 7) is 13.0. The van der Waals surface area contributed by atoms with Gasteiger partial charge >= 0.3 is 0 Å². The molecule has 0 amide bonds. The van der Waals surface area contributed by atoms with Crippen LogP contribution in [-0.4, -0.2) is 18.0 Å². The van der Waals surface area contributed by atoms with E-state index in [0.717, 1.165) is 12.8 Å². The van der Waals surface area contributed by atoms with Gasteiger partial charge in [0.15, 0.2) is 6.29 Å². The fourth-order valence-electron chi connectivity index (χ4n) is 1.34. The maximum Gasteiger partial charge on any atom is 0.185 e. The number of hydrogen-bond donors (Lipinski definition) is 0. The molecule has 2 unspecified atom stereocenters. The van der Waals surface area contributed by atoms with Crippen LogP contribution in [0.2, 0.25) is 0 Å². The van der Waals surface area contributed by atoms with Gasteiger partial charge in [-0.25, -0.2) is 0 Å². The van der Waals surface area contributed by atoms with Crippen LogP contribution in [0.5, 0.6) is 0 Å². The van der Waals surface area contributed by atoms with Crippen molar-refractivity contribution in [3.05, 3.63) is 0 Å². The summed E-state index contributed by atoms with van der Waals surface area (Å²) in [6, 6.07) is 0. The molecule has 0 aliphatic carbocycles. The number of hydrogen-bond acceptors (Lipinski definition) is 2. The third-order valence-corrected chi connectivity index (χ3v) is 3.42. The average molecular weight is 200 g/mol. The zero-order valence-electron chi connectivity index (χ0n) is 10.4. The van der Waals surface area contributed by atoms with Gasteiger partial charge in [-0.3, -0.25) is 0 Å². The molecule has 1 rings (SSSR count). The molecule has 0 aromatic carbocycles. The molecule has 0 radical (unpaired) electrons. The Morgan fingerprint density at radius 1 is 1.07 bits per heavy atom. The van der Waals surface area contributed by atoms with Gasteiger partial charge in [-0.15, -0.1) is 0 Å². The van der Waals surface area contributed by atoms with E-state index in [0.29, 0.717) is 6.10 Å². The minimum atomic E-state index is -0.0523. The molecular weight excluding hydrogens is 176 g/mol. The van der Waals surface area contributed by atoms with Crippen LogP contribution >= 0.6 is 0 Å². The van der Waals surface area contributed by atoms with E-state index < -0.39 is 0 Å². The first-order chi connectivity index (χ1) is 6.32. The molecule has 2 heteroatoms. The topological polar surface area (TPSA) is 21.8 Å². The van der Waals surface area contributed by atoms with Crippen molar-refractivity contribution in [3.8, 4) is 0 Å². The SMILES string of the molecule is CCC(C)(C)OC1OC1C(C)(C)CC. The van der Waals surface area contributed by atoms with E-state index in [4.69, 9.17) is 9.47 Å². The molecule has 0 N–H and O–H groups in total. The lowest BCUT2D eigenvalue weighted by molar-refractivity contribution is -0.0709. The Labute approximate surface area is 88.0 Å². The first-order valence-electron chi connectivity index (χ1n) is 5.65. The Balaban J connectivity index is 2.40. The van der Waals surface area contributed by atoms with E-state index in [1.54, 1.807) is 0 Å². The van der Waals surface area contributed by atoms with Crippen LogP contribution in [0, 0.1) is 5.41 Å². The van der Waals surface area contributed by atoms with Gasteiger partial charge in [0.05, 0.1) is 5.60 Å². The summed E-state index contributed by atoms with van der Waals surface area (Å²) in [5, 5.41) is 0. The molecule has 1 heterocycles. The van der Waals surface area contributed by atoms with Crippen LogP contribution in [0.1, 0.15) is 54.4 Å². The molecular formula is C12H24O2. The van der Waals surface area contributed by atoms with Crippen LogP contribution in [-0.2, 0) is 9.47 Å². The minimum absolute atomic E-state index is 0.0277. The van der Waals surface area contributed by atoms with Gasteiger partial charge in [-0.2, -0.15) is 0 Å². The van der Waals surface area contributed by atoms with Crippen molar-refractivity contribution in [1.82, 2.24) is 0 Å². The van der Waals surface area contributed by atoms with Crippen LogP contribution < -0.4 is 0 Å². The Bertz CT molecular complexity index is 196. The molecule has 0 aromatic rings. The van der Waals surface area contributed by atoms with Gasteiger partial charge in [0.2, 0.25) is 0 Å². The molecule has 1 saturated heterocycles. The van der Waals surface area contributed by atoms with Crippen molar-refractivity contribution in [2.45, 2.75) is 72.4 Å². The van der Waals surface area contributed by atoms with E-state index in [1.165, 1.54) is 0 Å². The Morgan fingerprint density at radius 3 is 2.07 bits per heavy atom. The van der Waals surface area contributed by atoms with Crippen molar-refractivity contribution in [2.75, 3.05) is 0 Å². The van der Waals surface area contributed by atoms with E-state index in [-0.39, 0.29) is 17.3 Å². The molecule has 1 aliphatic heterocycles. The first kappa shape index (κ1) is 12.0. The summed E-state index contributed by atoms with van der Waals surface area (Å²) in [4.78, 5) is 0. The van der Waals surface area contributed by atoms with E-state index in [2.05, 4.69) is 41.5 Å². The normalized spacial score (nSPS) is 27.9. The monoisotopic (exact) mass is 200 g/mol. The van der Waals surface area contributed by atoms with Crippen molar-refractivity contribution < 1.29 is 9.47 Å². The molecule has 0 bridgehead atoms. The number of epoxide rings is 1. The van der Waals surface area contributed by atoms with Gasteiger partial charge in [-0.05, 0) is 32.1 Å². The minimum Gasteiger partial charge on any atom is -0.344 e. The molecule has 0 saturated carbocycles. The third-order valence-electron chi connectivity index (χ3n) is 3.42. The summed E-state index contributed by atoms with van der Waals surface area (Å²) in [5.74, 6) is 0.